The molecule has 0 radical (unpaired) electrons. The van der Waals surface area contributed by atoms with Gasteiger partial charge >= 0.3 is 0 Å². The highest BCUT2D eigenvalue weighted by molar-refractivity contribution is 5.78. The van der Waals surface area contributed by atoms with Crippen LogP contribution in [0, 0.1) is 12.8 Å². The normalized spacial score (nSPS) is 12.0. The Kier molecular flexibility index (Phi) is 5.83. The Morgan fingerprint density at radius 3 is 2.21 bits per heavy atom. The Hall–Kier alpha value is -3.08. The number of phenolic OH excluding ortho intramolecular Hbond substituents is 1. The third-order valence-corrected chi connectivity index (χ3v) is 4.85. The van der Waals surface area contributed by atoms with Gasteiger partial charge in [0.05, 0.1) is 0 Å². The monoisotopic (exact) mass is 377 g/mol. The summed E-state index contributed by atoms with van der Waals surface area (Å²) in [6, 6.07) is 15.6. The smallest absolute Gasteiger partial charge is 0.251 e. The zero-order chi connectivity index (χ0) is 20.3. The average molecular weight is 377 g/mol. The third kappa shape index (κ3) is 4.60. The van der Waals surface area contributed by atoms with E-state index in [0.717, 1.165) is 23.4 Å². The molecule has 0 atom stereocenters. The van der Waals surface area contributed by atoms with Gasteiger partial charge in [0.2, 0.25) is 5.62 Å². The quantitative estimate of drug-likeness (QED) is 0.713. The lowest BCUT2D eigenvalue weighted by Crippen LogP contribution is -2.21. The first-order valence-electron chi connectivity index (χ1n) is 9.52. The van der Waals surface area contributed by atoms with E-state index in [9.17, 15) is 9.90 Å². The second kappa shape index (κ2) is 8.30. The molecule has 28 heavy (non-hydrogen) atoms. The molecule has 3 aromatic rings. The molecule has 3 rings (SSSR count). The van der Waals surface area contributed by atoms with Crippen LogP contribution in [0.4, 0.5) is 0 Å². The van der Waals surface area contributed by atoms with Gasteiger partial charge in [0, 0.05) is 37.2 Å². The zero-order valence-electron chi connectivity index (χ0n) is 16.9. The number of aromatic amines is 1. The number of phenols is 1. The number of nitrogens with one attached hydrogen (secondary N) is 1. The van der Waals surface area contributed by atoms with Gasteiger partial charge in [0.25, 0.3) is 5.91 Å². The fraction of sp³-hybridized carbons (Fsp3) is 0.304. The number of benzene rings is 2. The fourth-order valence-electron chi connectivity index (χ4n) is 3.05. The Morgan fingerprint density at radius 1 is 1.04 bits per heavy atom. The molecule has 146 valence electrons. The van der Waals surface area contributed by atoms with Crippen LogP contribution in [0.1, 0.15) is 41.9 Å². The number of aryl methyl sites for hydroxylation is 1. The van der Waals surface area contributed by atoms with Crippen LogP contribution in [-0.2, 0) is 24.7 Å². The van der Waals surface area contributed by atoms with Crippen LogP contribution in [-0.4, -0.2) is 20.6 Å². The number of nitrogens with zero attached hydrogens (tertiary/aromatic N) is 2. The molecule has 0 bridgehead atoms. The third-order valence-electron chi connectivity index (χ3n) is 4.85. The number of amides is 1. The Labute approximate surface area is 165 Å². The van der Waals surface area contributed by atoms with Gasteiger partial charge in [0.15, 0.2) is 0 Å². The number of rotatable bonds is 5. The van der Waals surface area contributed by atoms with E-state index in [2.05, 4.69) is 41.2 Å². The summed E-state index contributed by atoms with van der Waals surface area (Å²) in [5.74, 6) is -0.0420. The van der Waals surface area contributed by atoms with Gasteiger partial charge in [0.1, 0.15) is 5.75 Å². The van der Waals surface area contributed by atoms with Crippen LogP contribution < -0.4 is 5.62 Å². The Balaban J connectivity index is 2.03. The van der Waals surface area contributed by atoms with Crippen LogP contribution in [0.25, 0.3) is 0 Å². The van der Waals surface area contributed by atoms with Crippen molar-refractivity contribution >= 4 is 5.91 Å². The molecule has 0 unspecified atom stereocenters. The van der Waals surface area contributed by atoms with Crippen molar-refractivity contribution < 1.29 is 9.90 Å². The molecule has 0 saturated heterocycles. The SMILES string of the molecule is Cc1ccc(Cc2[nH]/c(=N\C(=O)C(C)C)n(C)c2Cc2ccc(O)cc2)cc1. The minimum Gasteiger partial charge on any atom is -0.508 e. The van der Waals surface area contributed by atoms with E-state index in [4.69, 9.17) is 0 Å². The summed E-state index contributed by atoms with van der Waals surface area (Å²) < 4.78 is 1.96. The van der Waals surface area contributed by atoms with Gasteiger partial charge in [-0.25, -0.2) is 0 Å². The van der Waals surface area contributed by atoms with Crippen molar-refractivity contribution in [3.05, 3.63) is 82.2 Å². The van der Waals surface area contributed by atoms with Gasteiger partial charge in [-0.2, -0.15) is 4.99 Å². The molecule has 2 aromatic carbocycles. The number of hydrogen-bond acceptors (Lipinski definition) is 2. The van der Waals surface area contributed by atoms with Crippen molar-refractivity contribution in [1.29, 1.82) is 0 Å². The summed E-state index contributed by atoms with van der Waals surface area (Å²) in [4.78, 5) is 19.8. The van der Waals surface area contributed by atoms with Gasteiger partial charge in [-0.1, -0.05) is 55.8 Å². The summed E-state index contributed by atoms with van der Waals surface area (Å²) in [5, 5.41) is 9.54. The largest absolute Gasteiger partial charge is 0.508 e. The molecule has 5 nitrogen and oxygen atoms in total. The molecule has 0 spiro atoms. The van der Waals surface area contributed by atoms with E-state index in [1.54, 1.807) is 12.1 Å². The van der Waals surface area contributed by atoms with Crippen molar-refractivity contribution in [2.24, 2.45) is 18.0 Å². The predicted octanol–water partition coefficient (Wildman–Crippen LogP) is 3.63. The van der Waals surface area contributed by atoms with Crippen LogP contribution in [0.3, 0.4) is 0 Å². The van der Waals surface area contributed by atoms with E-state index in [0.29, 0.717) is 12.0 Å². The number of carbonyl (C=O) groups is 1. The van der Waals surface area contributed by atoms with Crippen molar-refractivity contribution in [3.8, 4) is 5.75 Å². The maximum Gasteiger partial charge on any atom is 0.251 e. The highest BCUT2D eigenvalue weighted by atomic mass is 16.3. The van der Waals surface area contributed by atoms with Crippen molar-refractivity contribution in [2.45, 2.75) is 33.6 Å². The van der Waals surface area contributed by atoms with Gasteiger partial charge in [-0.3, -0.25) is 4.79 Å². The minimum atomic E-state index is -0.149. The first-order chi connectivity index (χ1) is 13.3. The lowest BCUT2D eigenvalue weighted by atomic mass is 10.0. The number of H-pyrrole nitrogens is 1. The number of hydrogen-bond donors (Lipinski definition) is 2. The van der Waals surface area contributed by atoms with Gasteiger partial charge in [-0.15, -0.1) is 0 Å². The minimum absolute atomic E-state index is 0.144. The molecule has 5 heteroatoms. The van der Waals surface area contributed by atoms with Crippen LogP contribution >= 0.6 is 0 Å². The molecule has 0 saturated carbocycles. The Bertz CT molecular complexity index is 1020. The number of imidazole rings is 1. The molecular formula is C23H27N3O2. The van der Waals surface area contributed by atoms with Gasteiger partial charge in [-0.05, 0) is 30.2 Å². The number of aromatic nitrogens is 2. The molecule has 1 heterocycles. The lowest BCUT2D eigenvalue weighted by molar-refractivity contribution is -0.120. The summed E-state index contributed by atoms with van der Waals surface area (Å²) in [6.07, 6.45) is 1.41. The molecule has 0 aliphatic carbocycles. The summed E-state index contributed by atoms with van der Waals surface area (Å²) in [7, 11) is 1.93. The summed E-state index contributed by atoms with van der Waals surface area (Å²) >= 11 is 0. The second-order valence-corrected chi connectivity index (χ2v) is 7.54. The number of carbonyl (C=O) groups excluding carboxylic acids is 1. The van der Waals surface area contributed by atoms with Crippen LogP contribution in [0.5, 0.6) is 5.75 Å². The van der Waals surface area contributed by atoms with Crippen molar-refractivity contribution in [2.75, 3.05) is 0 Å². The van der Waals surface area contributed by atoms with E-state index < -0.39 is 0 Å². The van der Waals surface area contributed by atoms with E-state index in [-0.39, 0.29) is 17.6 Å². The fourth-order valence-corrected chi connectivity index (χ4v) is 3.05. The molecule has 1 amide bonds. The summed E-state index contributed by atoms with van der Waals surface area (Å²) in [5.41, 5.74) is 6.18. The van der Waals surface area contributed by atoms with Crippen molar-refractivity contribution in [1.82, 2.24) is 9.55 Å². The first-order valence-corrected chi connectivity index (χ1v) is 9.52. The molecule has 2 N–H and O–H groups in total. The molecule has 0 fully saturated rings. The molecule has 0 aliphatic rings. The molecule has 1 aromatic heterocycles. The maximum absolute atomic E-state index is 12.1. The van der Waals surface area contributed by atoms with Crippen LogP contribution in [0.2, 0.25) is 0 Å². The second-order valence-electron chi connectivity index (χ2n) is 7.54. The van der Waals surface area contributed by atoms with E-state index in [1.807, 2.05) is 37.6 Å². The predicted molar refractivity (Wildman–Crippen MR) is 110 cm³/mol. The van der Waals surface area contributed by atoms with Gasteiger partial charge < -0.3 is 14.7 Å². The summed E-state index contributed by atoms with van der Waals surface area (Å²) in [6.45, 7) is 5.77. The standard InChI is InChI=1S/C23H27N3O2/c1-15(2)22(28)25-23-24-20(13-17-7-5-16(3)6-8-17)21(26(23)4)14-18-9-11-19(27)12-10-18/h5-12,15,27H,13-14H2,1-4H3,(H,24,25,28). The molecular weight excluding hydrogens is 350 g/mol. The highest BCUT2D eigenvalue weighted by Gasteiger charge is 2.14. The van der Waals surface area contributed by atoms with Crippen molar-refractivity contribution in [3.63, 3.8) is 0 Å². The topological polar surface area (TPSA) is 70.4 Å². The average Bonchev–Trinajstić information content (AvgIpc) is 2.94. The highest BCUT2D eigenvalue weighted by Crippen LogP contribution is 2.18. The van der Waals surface area contributed by atoms with Crippen LogP contribution in [0.15, 0.2) is 53.5 Å². The Morgan fingerprint density at radius 2 is 1.61 bits per heavy atom. The van der Waals surface area contributed by atoms with E-state index >= 15 is 0 Å². The molecule has 0 aliphatic heterocycles. The maximum atomic E-state index is 12.1. The van der Waals surface area contributed by atoms with E-state index in [1.165, 1.54) is 11.1 Å². The zero-order valence-corrected chi connectivity index (χ0v) is 16.9. The number of aromatic hydroxyl groups is 1. The first kappa shape index (κ1) is 19.7. The lowest BCUT2D eigenvalue weighted by Gasteiger charge is -2.08.